The van der Waals surface area contributed by atoms with Gasteiger partial charge in [0, 0.05) is 30.7 Å². The molecule has 1 saturated heterocycles. The SMILES string of the molecule is Cc1nc(C(C)(C)C)sc1C(=O)NC1CCN(c2ccc(C(F)(F)F)cn2)CC1. The maximum absolute atomic E-state index is 12.7. The van der Waals surface area contributed by atoms with E-state index in [0.29, 0.717) is 36.6 Å². The number of carbonyl (C=O) groups excluding carboxylic acids is 1. The number of piperidine rings is 1. The van der Waals surface area contributed by atoms with E-state index in [1.54, 1.807) is 0 Å². The summed E-state index contributed by atoms with van der Waals surface area (Å²) >= 11 is 1.43. The molecular formula is C20H25F3N4OS. The second kappa shape index (κ2) is 7.93. The molecule has 0 atom stereocenters. The van der Waals surface area contributed by atoms with Crippen molar-refractivity contribution in [1.29, 1.82) is 0 Å². The minimum Gasteiger partial charge on any atom is -0.356 e. The Balaban J connectivity index is 1.57. The Bertz CT molecular complexity index is 863. The van der Waals surface area contributed by atoms with Gasteiger partial charge in [0.05, 0.1) is 16.3 Å². The van der Waals surface area contributed by atoms with Crippen molar-refractivity contribution in [3.8, 4) is 0 Å². The molecule has 9 heteroatoms. The Hall–Kier alpha value is -2.16. The quantitative estimate of drug-likeness (QED) is 0.782. The third-order valence-corrected chi connectivity index (χ3v) is 6.46. The first-order valence-corrected chi connectivity index (χ1v) is 10.3. The van der Waals surface area contributed by atoms with Crippen molar-refractivity contribution in [3.63, 3.8) is 0 Å². The van der Waals surface area contributed by atoms with Crippen molar-refractivity contribution in [1.82, 2.24) is 15.3 Å². The van der Waals surface area contributed by atoms with Crippen LogP contribution < -0.4 is 10.2 Å². The van der Waals surface area contributed by atoms with Crippen molar-refractivity contribution in [3.05, 3.63) is 39.5 Å². The van der Waals surface area contributed by atoms with Gasteiger partial charge in [-0.05, 0) is 31.9 Å². The molecule has 0 aromatic carbocycles. The van der Waals surface area contributed by atoms with E-state index in [0.717, 1.165) is 23.0 Å². The van der Waals surface area contributed by atoms with Crippen LogP contribution in [0, 0.1) is 6.92 Å². The molecule has 3 rings (SSSR count). The van der Waals surface area contributed by atoms with Crippen LogP contribution in [0.15, 0.2) is 18.3 Å². The fraction of sp³-hybridized carbons (Fsp3) is 0.550. The smallest absolute Gasteiger partial charge is 0.356 e. The highest BCUT2D eigenvalue weighted by atomic mass is 32.1. The Kier molecular flexibility index (Phi) is 5.89. The zero-order valence-corrected chi connectivity index (χ0v) is 17.7. The number of nitrogens with zero attached hydrogens (tertiary/aromatic N) is 3. The minimum atomic E-state index is -4.38. The number of aromatic nitrogens is 2. The largest absolute Gasteiger partial charge is 0.417 e. The van der Waals surface area contributed by atoms with Crippen LogP contribution in [0.5, 0.6) is 0 Å². The van der Waals surface area contributed by atoms with Crippen LogP contribution in [0.25, 0.3) is 0 Å². The average Bonchev–Trinajstić information content (AvgIpc) is 3.04. The summed E-state index contributed by atoms with van der Waals surface area (Å²) in [5, 5.41) is 4.01. The number of amides is 1. The lowest BCUT2D eigenvalue weighted by Gasteiger charge is -2.33. The van der Waals surface area contributed by atoms with E-state index in [-0.39, 0.29) is 17.4 Å². The third kappa shape index (κ3) is 5.07. The average molecular weight is 427 g/mol. The molecule has 0 unspecified atom stereocenters. The van der Waals surface area contributed by atoms with E-state index >= 15 is 0 Å². The first-order chi connectivity index (χ1) is 13.4. The van der Waals surface area contributed by atoms with Crippen molar-refractivity contribution in [2.24, 2.45) is 0 Å². The van der Waals surface area contributed by atoms with Gasteiger partial charge in [-0.15, -0.1) is 11.3 Å². The van der Waals surface area contributed by atoms with E-state index in [4.69, 9.17) is 0 Å². The molecule has 0 bridgehead atoms. The Morgan fingerprint density at radius 1 is 1.21 bits per heavy atom. The molecule has 3 heterocycles. The second-order valence-electron chi connectivity index (χ2n) is 8.32. The van der Waals surface area contributed by atoms with Crippen molar-refractivity contribution >= 4 is 23.1 Å². The second-order valence-corrected chi connectivity index (χ2v) is 9.32. The highest BCUT2D eigenvalue weighted by Gasteiger charge is 2.31. The van der Waals surface area contributed by atoms with E-state index in [1.165, 1.54) is 17.4 Å². The lowest BCUT2D eigenvalue weighted by molar-refractivity contribution is -0.137. The molecule has 0 spiro atoms. The number of hydrogen-bond acceptors (Lipinski definition) is 5. The zero-order chi connectivity index (χ0) is 21.4. The number of nitrogens with one attached hydrogen (secondary N) is 1. The molecule has 1 fully saturated rings. The Morgan fingerprint density at radius 2 is 1.86 bits per heavy atom. The van der Waals surface area contributed by atoms with Gasteiger partial charge in [-0.25, -0.2) is 9.97 Å². The van der Waals surface area contributed by atoms with Crippen molar-refractivity contribution < 1.29 is 18.0 Å². The van der Waals surface area contributed by atoms with Crippen LogP contribution in [0.4, 0.5) is 19.0 Å². The molecule has 2 aromatic heterocycles. The van der Waals surface area contributed by atoms with Gasteiger partial charge in [-0.1, -0.05) is 20.8 Å². The summed E-state index contributed by atoms with van der Waals surface area (Å²) in [6.07, 6.45) is -2.11. The number of anilines is 1. The molecule has 2 aromatic rings. The zero-order valence-electron chi connectivity index (χ0n) is 16.9. The monoisotopic (exact) mass is 426 g/mol. The fourth-order valence-electron chi connectivity index (χ4n) is 3.17. The first kappa shape index (κ1) is 21.5. The van der Waals surface area contributed by atoms with Gasteiger partial charge in [0.15, 0.2) is 0 Å². The van der Waals surface area contributed by atoms with Crippen molar-refractivity contribution in [2.45, 2.75) is 58.2 Å². The van der Waals surface area contributed by atoms with E-state index in [9.17, 15) is 18.0 Å². The fourth-order valence-corrected chi connectivity index (χ4v) is 4.20. The molecular weight excluding hydrogens is 401 g/mol. The van der Waals surface area contributed by atoms with Gasteiger partial charge in [0.1, 0.15) is 10.7 Å². The van der Waals surface area contributed by atoms with Gasteiger partial charge in [-0.3, -0.25) is 4.79 Å². The highest BCUT2D eigenvalue weighted by molar-refractivity contribution is 7.14. The summed E-state index contributed by atoms with van der Waals surface area (Å²) < 4.78 is 38.0. The van der Waals surface area contributed by atoms with Gasteiger partial charge in [0.2, 0.25) is 0 Å². The van der Waals surface area contributed by atoms with Gasteiger partial charge >= 0.3 is 6.18 Å². The molecule has 1 amide bonds. The molecule has 0 aliphatic carbocycles. The van der Waals surface area contributed by atoms with Gasteiger partial charge < -0.3 is 10.2 Å². The van der Waals surface area contributed by atoms with Crippen molar-refractivity contribution in [2.75, 3.05) is 18.0 Å². The first-order valence-electron chi connectivity index (χ1n) is 9.52. The number of hydrogen-bond donors (Lipinski definition) is 1. The number of carbonyl (C=O) groups is 1. The minimum absolute atomic E-state index is 0.0211. The van der Waals surface area contributed by atoms with Gasteiger partial charge in [0.25, 0.3) is 5.91 Å². The topological polar surface area (TPSA) is 58.1 Å². The Morgan fingerprint density at radius 3 is 2.34 bits per heavy atom. The van der Waals surface area contributed by atoms with Crippen LogP contribution in [-0.4, -0.2) is 35.0 Å². The third-order valence-electron chi connectivity index (χ3n) is 4.87. The number of halogens is 3. The van der Waals surface area contributed by atoms with E-state index in [2.05, 4.69) is 36.1 Å². The standard InChI is InChI=1S/C20H25F3N4OS/c1-12-16(29-18(25-12)19(2,3)4)17(28)26-14-7-9-27(10-8-14)15-6-5-13(11-24-15)20(21,22)23/h5-6,11,14H,7-10H2,1-4H3,(H,26,28). The maximum Gasteiger partial charge on any atom is 0.417 e. The lowest BCUT2D eigenvalue weighted by atomic mass is 9.98. The van der Waals surface area contributed by atoms with Crippen LogP contribution in [-0.2, 0) is 11.6 Å². The molecule has 5 nitrogen and oxygen atoms in total. The van der Waals surface area contributed by atoms with Crippen LogP contribution >= 0.6 is 11.3 Å². The summed E-state index contributed by atoms with van der Waals surface area (Å²) in [5.74, 6) is 0.414. The lowest BCUT2D eigenvalue weighted by Crippen LogP contribution is -2.45. The maximum atomic E-state index is 12.7. The molecule has 1 aliphatic rings. The summed E-state index contributed by atoms with van der Waals surface area (Å²) in [4.78, 5) is 23.8. The molecule has 1 aliphatic heterocycles. The molecule has 0 radical (unpaired) electrons. The summed E-state index contributed by atoms with van der Waals surface area (Å²) in [7, 11) is 0. The highest BCUT2D eigenvalue weighted by Crippen LogP contribution is 2.31. The normalized spacial score (nSPS) is 16.2. The summed E-state index contributed by atoms with van der Waals surface area (Å²) in [5.41, 5.74) is -0.115. The van der Waals surface area contributed by atoms with Crippen LogP contribution in [0.3, 0.4) is 0 Å². The summed E-state index contributed by atoms with van der Waals surface area (Å²) in [6.45, 7) is 9.30. The molecule has 0 saturated carbocycles. The predicted octanol–water partition coefficient (Wildman–Crippen LogP) is 4.56. The van der Waals surface area contributed by atoms with E-state index < -0.39 is 11.7 Å². The molecule has 29 heavy (non-hydrogen) atoms. The molecule has 1 N–H and O–H groups in total. The van der Waals surface area contributed by atoms with E-state index in [1.807, 2.05) is 11.8 Å². The number of aryl methyl sites for hydroxylation is 1. The summed E-state index contributed by atoms with van der Waals surface area (Å²) in [6, 6.07) is 2.47. The van der Waals surface area contributed by atoms with Gasteiger partial charge in [-0.2, -0.15) is 13.2 Å². The number of alkyl halides is 3. The number of thiazole rings is 1. The number of rotatable bonds is 3. The van der Waals surface area contributed by atoms with Crippen LogP contribution in [0.2, 0.25) is 0 Å². The molecule has 158 valence electrons. The van der Waals surface area contributed by atoms with Crippen LogP contribution in [0.1, 0.15) is 59.5 Å². The predicted molar refractivity (Wildman–Crippen MR) is 107 cm³/mol. The Labute approximate surface area is 172 Å². The number of pyridine rings is 1.